The zero-order chi connectivity index (χ0) is 16.1. The van der Waals surface area contributed by atoms with Crippen LogP contribution in [0.15, 0.2) is 60.7 Å². The van der Waals surface area contributed by atoms with Crippen LogP contribution in [0.25, 0.3) is 0 Å². The Morgan fingerprint density at radius 3 is 1.65 bits per heavy atom. The minimum atomic E-state index is 0.100. The Morgan fingerprint density at radius 2 is 1.22 bits per heavy atom. The first-order chi connectivity index (χ1) is 11.3. The van der Waals surface area contributed by atoms with Crippen LogP contribution in [0.1, 0.15) is 24.1 Å². The highest BCUT2D eigenvalue weighted by atomic mass is 15.3. The van der Waals surface area contributed by atoms with Crippen LogP contribution in [-0.4, -0.2) is 32.2 Å². The quantitative estimate of drug-likeness (QED) is 0.846. The summed E-state index contributed by atoms with van der Waals surface area (Å²) in [5.41, 5.74) is 2.76. The number of quaternary nitrogens is 2. The number of hydrogen-bond acceptors (Lipinski definition) is 1. The van der Waals surface area contributed by atoms with Crippen molar-refractivity contribution < 1.29 is 9.80 Å². The minimum Gasteiger partial charge on any atom is -0.316 e. The molecular weight excluding hydrogens is 282 g/mol. The monoisotopic (exact) mass is 307 g/mol. The Labute approximate surface area is 138 Å². The summed E-state index contributed by atoms with van der Waals surface area (Å²) in [6.45, 7) is 6.39. The van der Waals surface area contributed by atoms with Gasteiger partial charge in [0.2, 0.25) is 0 Å². The van der Waals surface area contributed by atoms with Gasteiger partial charge in [0.05, 0.1) is 0 Å². The Balaban J connectivity index is 1.82. The van der Waals surface area contributed by atoms with E-state index < -0.39 is 0 Å². The lowest BCUT2D eigenvalue weighted by Crippen LogP contribution is -3.29. The molecule has 3 rings (SSSR count). The zero-order valence-electron chi connectivity index (χ0n) is 13.7. The molecule has 1 saturated heterocycles. The highest BCUT2D eigenvalue weighted by Crippen LogP contribution is 2.18. The maximum atomic E-state index is 9.14. The molecule has 0 radical (unpaired) electrons. The number of nitrogens with zero attached hydrogens (tertiary/aromatic N) is 1. The molecule has 3 heteroatoms. The van der Waals surface area contributed by atoms with Crippen molar-refractivity contribution in [3.05, 3.63) is 71.8 Å². The molecule has 1 aliphatic heterocycles. The van der Waals surface area contributed by atoms with Gasteiger partial charge in [-0.1, -0.05) is 60.7 Å². The summed E-state index contributed by atoms with van der Waals surface area (Å²) in [6.07, 6.45) is 0. The van der Waals surface area contributed by atoms with Crippen molar-refractivity contribution in [2.24, 2.45) is 0 Å². The average molecular weight is 307 g/mol. The summed E-state index contributed by atoms with van der Waals surface area (Å²) in [7, 11) is 0. The normalized spacial score (nSPS) is 22.5. The lowest BCUT2D eigenvalue weighted by Gasteiger charge is -2.35. The van der Waals surface area contributed by atoms with Crippen molar-refractivity contribution >= 4 is 0 Å². The van der Waals surface area contributed by atoms with Gasteiger partial charge < -0.3 is 9.80 Å². The van der Waals surface area contributed by atoms with Gasteiger partial charge in [0, 0.05) is 18.1 Å². The molecule has 3 nitrogen and oxygen atoms in total. The number of rotatable bonds is 4. The van der Waals surface area contributed by atoms with E-state index in [2.05, 4.69) is 66.7 Å². The molecule has 1 atom stereocenters. The van der Waals surface area contributed by atoms with Crippen LogP contribution in [0, 0.1) is 11.3 Å². The van der Waals surface area contributed by atoms with Crippen molar-refractivity contribution in [1.29, 1.82) is 5.26 Å². The Kier molecular flexibility index (Phi) is 5.07. The van der Waals surface area contributed by atoms with Crippen molar-refractivity contribution in [3.8, 4) is 6.07 Å². The highest BCUT2D eigenvalue weighted by Gasteiger charge is 2.33. The Hall–Kier alpha value is -2.15. The Bertz CT molecular complexity index is 600. The van der Waals surface area contributed by atoms with Gasteiger partial charge in [-0.25, -0.2) is 0 Å². The average Bonchev–Trinajstić information content (AvgIpc) is 2.64. The van der Waals surface area contributed by atoms with E-state index in [1.54, 1.807) is 4.90 Å². The summed E-state index contributed by atoms with van der Waals surface area (Å²) in [5, 5.41) is 9.14. The van der Waals surface area contributed by atoms with E-state index in [9.17, 15) is 0 Å². The van der Waals surface area contributed by atoms with Crippen molar-refractivity contribution in [2.45, 2.75) is 19.0 Å². The predicted octanol–water partition coefficient (Wildman–Crippen LogP) is 0.471. The molecule has 0 amide bonds. The first-order valence-electron chi connectivity index (χ1n) is 8.48. The van der Waals surface area contributed by atoms with E-state index in [1.807, 2.05) is 6.92 Å². The van der Waals surface area contributed by atoms with E-state index in [1.165, 1.54) is 16.0 Å². The fourth-order valence-electron chi connectivity index (χ4n) is 3.66. The highest BCUT2D eigenvalue weighted by molar-refractivity contribution is 5.29. The number of nitrogens with one attached hydrogen (secondary N) is 2. The van der Waals surface area contributed by atoms with E-state index in [4.69, 9.17) is 5.26 Å². The molecule has 2 aromatic rings. The van der Waals surface area contributed by atoms with E-state index in [0.29, 0.717) is 6.04 Å². The fraction of sp³-hybridized carbons (Fsp3) is 0.350. The molecule has 0 aliphatic carbocycles. The second-order valence-electron chi connectivity index (χ2n) is 6.42. The van der Waals surface area contributed by atoms with E-state index >= 15 is 0 Å². The van der Waals surface area contributed by atoms with Gasteiger partial charge in [-0.15, -0.1) is 0 Å². The lowest BCUT2D eigenvalue weighted by molar-refractivity contribution is -1.03. The van der Waals surface area contributed by atoms with Gasteiger partial charge in [0.1, 0.15) is 38.3 Å². The molecule has 2 aromatic carbocycles. The molecule has 2 N–H and O–H groups in total. The van der Waals surface area contributed by atoms with Gasteiger partial charge in [0.15, 0.2) is 6.04 Å². The van der Waals surface area contributed by atoms with Gasteiger partial charge in [-0.05, 0) is 0 Å². The second kappa shape index (κ2) is 7.41. The predicted molar refractivity (Wildman–Crippen MR) is 91.2 cm³/mol. The van der Waals surface area contributed by atoms with Crippen LogP contribution >= 0.6 is 0 Å². The van der Waals surface area contributed by atoms with Crippen LogP contribution in [0.4, 0.5) is 0 Å². The molecule has 0 saturated carbocycles. The van der Waals surface area contributed by atoms with Crippen LogP contribution in [0.5, 0.6) is 0 Å². The third-order valence-corrected chi connectivity index (χ3v) is 5.01. The smallest absolute Gasteiger partial charge is 0.172 e. The zero-order valence-corrected chi connectivity index (χ0v) is 13.7. The summed E-state index contributed by atoms with van der Waals surface area (Å²) >= 11 is 0. The SMILES string of the molecule is C[C@H](C#N)[NH+]1CC[NH+](C(c2ccccc2)c2ccccc2)CC1. The molecule has 23 heavy (non-hydrogen) atoms. The molecule has 1 heterocycles. The van der Waals surface area contributed by atoms with Crippen LogP contribution in [-0.2, 0) is 0 Å². The number of nitriles is 1. The lowest BCUT2D eigenvalue weighted by atomic mass is 9.96. The van der Waals surface area contributed by atoms with Gasteiger partial charge in [-0.3, -0.25) is 0 Å². The van der Waals surface area contributed by atoms with Crippen molar-refractivity contribution in [2.75, 3.05) is 26.2 Å². The molecule has 118 valence electrons. The topological polar surface area (TPSA) is 32.7 Å². The molecule has 0 aromatic heterocycles. The third kappa shape index (κ3) is 3.61. The minimum absolute atomic E-state index is 0.100. The Morgan fingerprint density at radius 1 is 0.783 bits per heavy atom. The molecule has 1 aliphatic rings. The number of benzene rings is 2. The largest absolute Gasteiger partial charge is 0.316 e. The van der Waals surface area contributed by atoms with Gasteiger partial charge in [-0.2, -0.15) is 5.26 Å². The summed E-state index contributed by atoms with van der Waals surface area (Å²) in [6, 6.07) is 24.5. The summed E-state index contributed by atoms with van der Waals surface area (Å²) in [4.78, 5) is 3.03. The van der Waals surface area contributed by atoms with E-state index in [0.717, 1.165) is 26.2 Å². The molecule has 1 fully saturated rings. The first kappa shape index (κ1) is 15.7. The van der Waals surface area contributed by atoms with Crippen molar-refractivity contribution in [3.63, 3.8) is 0 Å². The van der Waals surface area contributed by atoms with Crippen LogP contribution in [0.3, 0.4) is 0 Å². The number of piperazine rings is 1. The second-order valence-corrected chi connectivity index (χ2v) is 6.42. The maximum absolute atomic E-state index is 9.14. The standard InChI is InChI=1S/C20H23N3/c1-17(16-21)22-12-14-23(15-13-22)20(18-8-4-2-5-9-18)19-10-6-3-7-11-19/h2-11,17,20H,12-15H2,1H3/p+2/t17-/m1/s1. The van der Waals surface area contributed by atoms with Gasteiger partial charge >= 0.3 is 0 Å². The van der Waals surface area contributed by atoms with Gasteiger partial charge in [0.25, 0.3) is 0 Å². The molecular formula is C20H25N3+2. The fourth-order valence-corrected chi connectivity index (χ4v) is 3.66. The van der Waals surface area contributed by atoms with Crippen molar-refractivity contribution in [1.82, 2.24) is 0 Å². The summed E-state index contributed by atoms with van der Waals surface area (Å²) < 4.78 is 0. The van der Waals surface area contributed by atoms with Crippen LogP contribution < -0.4 is 9.80 Å². The van der Waals surface area contributed by atoms with Crippen LogP contribution in [0.2, 0.25) is 0 Å². The molecule has 0 unspecified atom stereocenters. The molecule has 0 spiro atoms. The summed E-state index contributed by atoms with van der Waals surface area (Å²) in [5.74, 6) is 0. The van der Waals surface area contributed by atoms with E-state index in [-0.39, 0.29) is 6.04 Å². The first-order valence-corrected chi connectivity index (χ1v) is 8.48. The third-order valence-electron chi connectivity index (χ3n) is 5.01. The maximum Gasteiger partial charge on any atom is 0.172 e. The molecule has 0 bridgehead atoms. The number of hydrogen-bond donors (Lipinski definition) is 2.